The normalized spacial score (nSPS) is 13.6. The number of rotatable bonds is 0. The van der Waals surface area contributed by atoms with E-state index in [0.717, 1.165) is 5.69 Å². The second-order valence-corrected chi connectivity index (χ2v) is 2.72. The first-order valence-corrected chi connectivity index (χ1v) is 3.44. The lowest BCUT2D eigenvalue weighted by Crippen LogP contribution is -2.03. The van der Waals surface area contributed by atoms with Crippen LogP contribution in [0.1, 0.15) is 18.1 Å². The van der Waals surface area contributed by atoms with Crippen molar-refractivity contribution in [2.75, 3.05) is 0 Å². The maximum absolute atomic E-state index is 4.24. The summed E-state index contributed by atoms with van der Waals surface area (Å²) in [6, 6.07) is 6.34. The molecule has 1 aliphatic rings. The van der Waals surface area contributed by atoms with Gasteiger partial charge in [0.1, 0.15) is 0 Å². The van der Waals surface area contributed by atoms with E-state index in [0.29, 0.717) is 0 Å². The van der Waals surface area contributed by atoms with Crippen LogP contribution in [0.3, 0.4) is 0 Å². The van der Waals surface area contributed by atoms with Gasteiger partial charge in [-0.05, 0) is 26.0 Å². The molecule has 0 saturated heterocycles. The Morgan fingerprint density at radius 3 is 2.60 bits per heavy atom. The highest BCUT2D eigenvalue weighted by Gasteiger charge is 2.12. The van der Waals surface area contributed by atoms with Crippen LogP contribution in [0, 0.1) is 6.92 Å². The lowest BCUT2D eigenvalue weighted by atomic mass is 10.0. The van der Waals surface area contributed by atoms with Crippen molar-refractivity contribution in [2.45, 2.75) is 13.8 Å². The topological polar surface area (TPSA) is 12.4 Å². The molecule has 0 radical (unpaired) electrons. The number of aryl methyl sites for hydroxylation is 1. The van der Waals surface area contributed by atoms with Crippen LogP contribution >= 0.6 is 0 Å². The second-order valence-electron chi connectivity index (χ2n) is 2.72. The molecule has 1 aromatic rings. The van der Waals surface area contributed by atoms with Crippen LogP contribution in [0.4, 0.5) is 5.69 Å². The molecule has 50 valence electrons. The molecule has 0 aliphatic carbocycles. The monoisotopic (exact) mass is 131 g/mol. The van der Waals surface area contributed by atoms with Crippen LogP contribution in [-0.2, 0) is 0 Å². The number of nitrogens with zero attached hydrogens (tertiary/aromatic N) is 1. The zero-order valence-corrected chi connectivity index (χ0v) is 6.18. The number of aliphatic imine (C=N–C) groups is 1. The van der Waals surface area contributed by atoms with Crippen LogP contribution in [0.2, 0.25) is 0 Å². The number of hydrogen-bond acceptors (Lipinski definition) is 1. The van der Waals surface area contributed by atoms with Gasteiger partial charge in [0.05, 0.1) is 5.69 Å². The molecular weight excluding hydrogens is 122 g/mol. The Morgan fingerprint density at radius 1 is 1.20 bits per heavy atom. The quantitative estimate of drug-likeness (QED) is 0.512. The van der Waals surface area contributed by atoms with Crippen LogP contribution < -0.4 is 0 Å². The first-order chi connectivity index (χ1) is 4.77. The molecule has 0 amide bonds. The van der Waals surface area contributed by atoms with Gasteiger partial charge in [-0.1, -0.05) is 11.6 Å². The Hall–Kier alpha value is -1.11. The highest BCUT2D eigenvalue weighted by molar-refractivity contribution is 6.11. The molecule has 1 heterocycles. The van der Waals surface area contributed by atoms with Crippen LogP contribution in [0.5, 0.6) is 0 Å². The minimum Gasteiger partial charge on any atom is -0.252 e. The highest BCUT2D eigenvalue weighted by atomic mass is 14.8. The van der Waals surface area contributed by atoms with Gasteiger partial charge in [-0.3, -0.25) is 4.99 Å². The fourth-order valence-electron chi connectivity index (χ4n) is 1.23. The third-order valence-electron chi connectivity index (χ3n) is 1.83. The van der Waals surface area contributed by atoms with Crippen LogP contribution in [0.25, 0.3) is 0 Å². The van der Waals surface area contributed by atoms with Crippen LogP contribution in [-0.4, -0.2) is 5.71 Å². The number of fused-ring (bicyclic) bond motifs is 1. The Labute approximate surface area is 60.4 Å². The van der Waals surface area contributed by atoms with Gasteiger partial charge in [0.15, 0.2) is 0 Å². The maximum atomic E-state index is 4.24. The summed E-state index contributed by atoms with van der Waals surface area (Å²) in [6.07, 6.45) is 0. The Kier molecular flexibility index (Phi) is 0.956. The molecule has 1 aromatic carbocycles. The smallest absolute Gasteiger partial charge is 0.0723 e. The van der Waals surface area contributed by atoms with E-state index in [1.807, 2.05) is 6.92 Å². The van der Waals surface area contributed by atoms with E-state index >= 15 is 0 Å². The van der Waals surface area contributed by atoms with Crippen molar-refractivity contribution in [1.29, 1.82) is 0 Å². The zero-order valence-electron chi connectivity index (χ0n) is 6.18. The standard InChI is InChI=1S/C9H9N/c1-6-3-4-9-8(5-6)7(2)10-9/h3-5H,1-2H3. The molecule has 0 spiro atoms. The van der Waals surface area contributed by atoms with E-state index in [2.05, 4.69) is 30.1 Å². The van der Waals surface area contributed by atoms with E-state index in [1.54, 1.807) is 0 Å². The first kappa shape index (κ1) is 5.66. The minimum absolute atomic E-state index is 1.14. The zero-order chi connectivity index (χ0) is 7.14. The average Bonchev–Trinajstić information content (AvgIpc) is 1.92. The molecule has 2 rings (SSSR count). The van der Waals surface area contributed by atoms with E-state index in [9.17, 15) is 0 Å². The van der Waals surface area contributed by atoms with E-state index in [4.69, 9.17) is 0 Å². The molecule has 0 fully saturated rings. The minimum atomic E-state index is 1.14. The Morgan fingerprint density at radius 2 is 2.00 bits per heavy atom. The fourth-order valence-corrected chi connectivity index (χ4v) is 1.23. The first-order valence-electron chi connectivity index (χ1n) is 3.44. The predicted molar refractivity (Wildman–Crippen MR) is 43.1 cm³/mol. The average molecular weight is 131 g/mol. The second kappa shape index (κ2) is 1.69. The van der Waals surface area contributed by atoms with Gasteiger partial charge in [0.2, 0.25) is 0 Å². The molecule has 0 aromatic heterocycles. The predicted octanol–water partition coefficient (Wildman–Crippen LogP) is 2.45. The summed E-state index contributed by atoms with van der Waals surface area (Å²) in [5.41, 5.74) is 4.94. The summed E-state index contributed by atoms with van der Waals surface area (Å²) in [5, 5.41) is 0. The summed E-state index contributed by atoms with van der Waals surface area (Å²) in [6.45, 7) is 4.15. The van der Waals surface area contributed by atoms with Crippen LogP contribution in [0.15, 0.2) is 23.2 Å². The third kappa shape index (κ3) is 0.604. The van der Waals surface area contributed by atoms with Gasteiger partial charge in [-0.15, -0.1) is 0 Å². The van der Waals surface area contributed by atoms with Gasteiger partial charge in [0.25, 0.3) is 0 Å². The molecular formula is C9H9N. The lowest BCUT2D eigenvalue weighted by molar-refractivity contribution is 1.34. The number of benzene rings is 1. The van der Waals surface area contributed by atoms with Gasteiger partial charge in [-0.2, -0.15) is 0 Å². The largest absolute Gasteiger partial charge is 0.252 e. The molecule has 1 nitrogen and oxygen atoms in total. The molecule has 0 bridgehead atoms. The molecule has 1 heteroatoms. The SMILES string of the molecule is CC1=Nc2ccc(C)cc21. The lowest BCUT2D eigenvalue weighted by Gasteiger charge is -2.14. The molecule has 0 saturated carbocycles. The van der Waals surface area contributed by atoms with Crippen molar-refractivity contribution in [1.82, 2.24) is 0 Å². The Bertz CT molecular complexity index is 311. The Balaban J connectivity index is 2.58. The summed E-state index contributed by atoms with van der Waals surface area (Å²) >= 11 is 0. The van der Waals surface area contributed by atoms with Crippen molar-refractivity contribution in [2.24, 2.45) is 4.99 Å². The van der Waals surface area contributed by atoms with E-state index in [1.165, 1.54) is 16.8 Å². The fraction of sp³-hybridized carbons (Fsp3) is 0.222. The van der Waals surface area contributed by atoms with Crippen molar-refractivity contribution >= 4 is 11.4 Å². The van der Waals surface area contributed by atoms with E-state index in [-0.39, 0.29) is 0 Å². The molecule has 0 unspecified atom stereocenters. The van der Waals surface area contributed by atoms with Crippen molar-refractivity contribution < 1.29 is 0 Å². The van der Waals surface area contributed by atoms with Gasteiger partial charge >= 0.3 is 0 Å². The summed E-state index contributed by atoms with van der Waals surface area (Å²) in [4.78, 5) is 4.24. The van der Waals surface area contributed by atoms with Gasteiger partial charge in [-0.25, -0.2) is 0 Å². The third-order valence-corrected chi connectivity index (χ3v) is 1.83. The molecule has 0 N–H and O–H groups in total. The van der Waals surface area contributed by atoms with Gasteiger partial charge < -0.3 is 0 Å². The highest BCUT2D eigenvalue weighted by Crippen LogP contribution is 2.29. The molecule has 10 heavy (non-hydrogen) atoms. The van der Waals surface area contributed by atoms with Gasteiger partial charge in [0, 0.05) is 11.3 Å². The molecule has 1 aliphatic heterocycles. The molecule has 0 atom stereocenters. The van der Waals surface area contributed by atoms with Crippen molar-refractivity contribution in [3.8, 4) is 0 Å². The number of hydrogen-bond donors (Lipinski definition) is 0. The summed E-state index contributed by atoms with van der Waals surface area (Å²) in [7, 11) is 0. The maximum Gasteiger partial charge on any atom is 0.0723 e. The van der Waals surface area contributed by atoms with E-state index < -0.39 is 0 Å². The van der Waals surface area contributed by atoms with Crippen molar-refractivity contribution in [3.05, 3.63) is 29.3 Å². The summed E-state index contributed by atoms with van der Waals surface area (Å²) in [5.74, 6) is 0. The summed E-state index contributed by atoms with van der Waals surface area (Å²) < 4.78 is 0. The van der Waals surface area contributed by atoms with Crippen molar-refractivity contribution in [3.63, 3.8) is 0 Å².